The molecule has 0 fully saturated rings. The zero-order chi connectivity index (χ0) is 11.0. The highest BCUT2D eigenvalue weighted by Crippen LogP contribution is 2.24. The van der Waals surface area contributed by atoms with Crippen LogP contribution < -0.4 is 5.32 Å². The Morgan fingerprint density at radius 1 is 1.27 bits per heavy atom. The van der Waals surface area contributed by atoms with Gasteiger partial charge in [-0.05, 0) is 11.6 Å². The van der Waals surface area contributed by atoms with Crippen LogP contribution in [0.4, 0.5) is 0 Å². The summed E-state index contributed by atoms with van der Waals surface area (Å²) in [6, 6.07) is 4.58. The van der Waals surface area contributed by atoms with Gasteiger partial charge in [0.2, 0.25) is 0 Å². The first-order valence-corrected chi connectivity index (χ1v) is 4.42. The van der Waals surface area contributed by atoms with E-state index in [-0.39, 0.29) is 16.7 Å². The van der Waals surface area contributed by atoms with Gasteiger partial charge in [-0.2, -0.15) is 0 Å². The summed E-state index contributed by atoms with van der Waals surface area (Å²) in [5.41, 5.74) is 0.674. The monoisotopic (exact) mass is 207 g/mol. The van der Waals surface area contributed by atoms with Crippen molar-refractivity contribution in [3.63, 3.8) is 0 Å². The van der Waals surface area contributed by atoms with Crippen LogP contribution in [0.2, 0.25) is 0 Å². The second-order valence-corrected chi connectivity index (χ2v) is 3.25. The Balaban J connectivity index is 2.60. The van der Waals surface area contributed by atoms with E-state index in [1.165, 1.54) is 12.1 Å². The number of aliphatic hydroxyl groups excluding tert-OH is 2. The first kappa shape index (κ1) is 9.82. The van der Waals surface area contributed by atoms with E-state index < -0.39 is 24.5 Å². The minimum absolute atomic E-state index is 0.157. The van der Waals surface area contributed by atoms with Gasteiger partial charge in [-0.15, -0.1) is 0 Å². The third-order valence-corrected chi connectivity index (χ3v) is 2.33. The van der Waals surface area contributed by atoms with Crippen molar-refractivity contribution in [3.8, 4) is 0 Å². The lowest BCUT2D eigenvalue weighted by Crippen LogP contribution is -2.20. The van der Waals surface area contributed by atoms with Crippen molar-refractivity contribution >= 4 is 11.8 Å². The number of aliphatic hydroxyl groups is 2. The maximum atomic E-state index is 11.4. The molecule has 78 valence electrons. The molecule has 1 atom stereocenters. The lowest BCUT2D eigenvalue weighted by Gasteiger charge is -2.10. The van der Waals surface area contributed by atoms with E-state index in [1.54, 1.807) is 6.07 Å². The predicted molar refractivity (Wildman–Crippen MR) is 50.3 cm³/mol. The summed E-state index contributed by atoms with van der Waals surface area (Å²) >= 11 is 0. The standard InChI is InChI=1S/C10H9NO4/c12-4-7(13)5-2-1-3-6-8(5)10(15)11-9(6)14/h1-3,7,12-13H,4H2,(H,11,14,15). The summed E-state index contributed by atoms with van der Waals surface area (Å²) in [5.74, 6) is -1.000. The number of imide groups is 1. The van der Waals surface area contributed by atoms with Crippen molar-refractivity contribution in [2.45, 2.75) is 6.10 Å². The number of rotatable bonds is 2. The Kier molecular flexibility index (Phi) is 2.26. The first-order chi connectivity index (χ1) is 7.15. The van der Waals surface area contributed by atoms with Crippen molar-refractivity contribution in [2.24, 2.45) is 0 Å². The lowest BCUT2D eigenvalue weighted by atomic mass is 9.99. The number of fused-ring (bicyclic) bond motifs is 1. The Hall–Kier alpha value is -1.72. The molecule has 0 saturated carbocycles. The molecule has 0 spiro atoms. The molecule has 1 aliphatic rings. The Morgan fingerprint density at radius 2 is 2.00 bits per heavy atom. The number of carbonyl (C=O) groups excluding carboxylic acids is 2. The van der Waals surface area contributed by atoms with Crippen LogP contribution in [0.25, 0.3) is 0 Å². The van der Waals surface area contributed by atoms with Gasteiger partial charge < -0.3 is 10.2 Å². The summed E-state index contributed by atoms with van der Waals surface area (Å²) in [4.78, 5) is 22.7. The van der Waals surface area contributed by atoms with Gasteiger partial charge in [-0.3, -0.25) is 14.9 Å². The molecule has 0 aliphatic carbocycles. The Labute approximate surface area is 85.3 Å². The molecule has 3 N–H and O–H groups in total. The molecule has 0 radical (unpaired) electrons. The van der Waals surface area contributed by atoms with Crippen LogP contribution in [0, 0.1) is 0 Å². The molecule has 1 aromatic carbocycles. The molecule has 0 aromatic heterocycles. The second kappa shape index (κ2) is 3.45. The third-order valence-electron chi connectivity index (χ3n) is 2.33. The van der Waals surface area contributed by atoms with Gasteiger partial charge in [-0.25, -0.2) is 0 Å². The lowest BCUT2D eigenvalue weighted by molar-refractivity contribution is 0.0861. The quantitative estimate of drug-likeness (QED) is 0.576. The van der Waals surface area contributed by atoms with E-state index in [2.05, 4.69) is 5.32 Å². The number of amides is 2. The number of carbonyl (C=O) groups is 2. The molecule has 1 aliphatic heterocycles. The molecule has 5 nitrogen and oxygen atoms in total. The number of benzene rings is 1. The van der Waals surface area contributed by atoms with Crippen molar-refractivity contribution in [1.29, 1.82) is 0 Å². The minimum atomic E-state index is -1.14. The summed E-state index contributed by atoms with van der Waals surface area (Å²) in [7, 11) is 0. The van der Waals surface area contributed by atoms with Gasteiger partial charge in [0.1, 0.15) is 6.10 Å². The third kappa shape index (κ3) is 1.42. The van der Waals surface area contributed by atoms with Gasteiger partial charge in [0.15, 0.2) is 0 Å². The summed E-state index contributed by atoms with van der Waals surface area (Å²) in [5, 5.41) is 20.4. The van der Waals surface area contributed by atoms with Gasteiger partial charge in [0.25, 0.3) is 11.8 Å². The average molecular weight is 207 g/mol. The molecule has 2 amide bonds. The molecule has 0 saturated heterocycles. The molecule has 2 rings (SSSR count). The van der Waals surface area contributed by atoms with E-state index >= 15 is 0 Å². The fourth-order valence-electron chi connectivity index (χ4n) is 1.62. The molecule has 1 heterocycles. The Morgan fingerprint density at radius 3 is 2.67 bits per heavy atom. The van der Waals surface area contributed by atoms with E-state index in [9.17, 15) is 14.7 Å². The second-order valence-electron chi connectivity index (χ2n) is 3.25. The van der Waals surface area contributed by atoms with Crippen molar-refractivity contribution in [3.05, 3.63) is 34.9 Å². The van der Waals surface area contributed by atoms with Crippen molar-refractivity contribution in [1.82, 2.24) is 5.32 Å². The fraction of sp³-hybridized carbons (Fsp3) is 0.200. The highest BCUT2D eigenvalue weighted by atomic mass is 16.3. The average Bonchev–Trinajstić information content (AvgIpc) is 2.54. The SMILES string of the molecule is O=C1NC(=O)c2c1cccc2C(O)CO. The van der Waals surface area contributed by atoms with Crippen LogP contribution in [0.15, 0.2) is 18.2 Å². The van der Waals surface area contributed by atoms with Crippen molar-refractivity contribution in [2.75, 3.05) is 6.61 Å². The first-order valence-electron chi connectivity index (χ1n) is 4.42. The maximum absolute atomic E-state index is 11.4. The zero-order valence-electron chi connectivity index (χ0n) is 7.73. The van der Waals surface area contributed by atoms with E-state index in [0.29, 0.717) is 0 Å². The number of nitrogens with one attached hydrogen (secondary N) is 1. The highest BCUT2D eigenvalue weighted by molar-refractivity contribution is 6.22. The van der Waals surface area contributed by atoms with Gasteiger partial charge in [-0.1, -0.05) is 12.1 Å². The summed E-state index contributed by atoms with van der Waals surface area (Å²) in [6.07, 6.45) is -1.14. The van der Waals surface area contributed by atoms with Crippen LogP contribution in [-0.2, 0) is 0 Å². The molecular formula is C10H9NO4. The molecule has 5 heteroatoms. The van der Waals surface area contributed by atoms with E-state index in [1.807, 2.05) is 0 Å². The van der Waals surface area contributed by atoms with Crippen molar-refractivity contribution < 1.29 is 19.8 Å². The smallest absolute Gasteiger partial charge is 0.259 e. The summed E-state index contributed by atoms with van der Waals surface area (Å²) < 4.78 is 0. The molecule has 1 aromatic rings. The fourth-order valence-corrected chi connectivity index (χ4v) is 1.62. The van der Waals surface area contributed by atoms with Gasteiger partial charge >= 0.3 is 0 Å². The van der Waals surface area contributed by atoms with E-state index in [0.717, 1.165) is 0 Å². The maximum Gasteiger partial charge on any atom is 0.259 e. The van der Waals surface area contributed by atoms with Crippen LogP contribution in [0.5, 0.6) is 0 Å². The van der Waals surface area contributed by atoms with Crippen LogP contribution in [0.1, 0.15) is 32.4 Å². The molecule has 1 unspecified atom stereocenters. The molecule has 15 heavy (non-hydrogen) atoms. The highest BCUT2D eigenvalue weighted by Gasteiger charge is 2.30. The Bertz CT molecular complexity index is 441. The van der Waals surface area contributed by atoms with Crippen LogP contribution in [0.3, 0.4) is 0 Å². The van der Waals surface area contributed by atoms with Gasteiger partial charge in [0, 0.05) is 0 Å². The molecular weight excluding hydrogens is 198 g/mol. The summed E-state index contributed by atoms with van der Waals surface area (Å²) in [6.45, 7) is -0.488. The van der Waals surface area contributed by atoms with E-state index in [4.69, 9.17) is 5.11 Å². The topological polar surface area (TPSA) is 86.6 Å². The minimum Gasteiger partial charge on any atom is -0.393 e. The largest absolute Gasteiger partial charge is 0.393 e. The predicted octanol–water partition coefficient (Wildman–Crippen LogP) is -0.404. The zero-order valence-corrected chi connectivity index (χ0v) is 7.73. The number of hydrogen-bond donors (Lipinski definition) is 3. The van der Waals surface area contributed by atoms with Gasteiger partial charge in [0.05, 0.1) is 17.7 Å². The van der Waals surface area contributed by atoms with Crippen LogP contribution in [-0.4, -0.2) is 28.6 Å². The van der Waals surface area contributed by atoms with Crippen LogP contribution >= 0.6 is 0 Å². The molecule has 0 bridgehead atoms. The normalized spacial score (nSPS) is 16.1. The number of hydrogen-bond acceptors (Lipinski definition) is 4.